The van der Waals surface area contributed by atoms with E-state index in [4.69, 9.17) is 9.51 Å². The van der Waals surface area contributed by atoms with Crippen LogP contribution in [-0.4, -0.2) is 49.2 Å². The molecule has 1 N–H and O–H groups in total. The van der Waals surface area contributed by atoms with Gasteiger partial charge in [-0.1, -0.05) is 104 Å². The van der Waals surface area contributed by atoms with E-state index in [9.17, 15) is 9.59 Å². The van der Waals surface area contributed by atoms with Gasteiger partial charge in [0.05, 0.1) is 12.2 Å². The predicted molar refractivity (Wildman–Crippen MR) is 160 cm³/mol. The van der Waals surface area contributed by atoms with Gasteiger partial charge in [-0.3, -0.25) is 18.9 Å². The van der Waals surface area contributed by atoms with Gasteiger partial charge in [-0.15, -0.1) is 0 Å². The molecule has 5 aromatic rings. The van der Waals surface area contributed by atoms with Crippen molar-refractivity contribution in [3.63, 3.8) is 0 Å². The van der Waals surface area contributed by atoms with Gasteiger partial charge in [-0.05, 0) is 35.1 Å². The SMILES string of the molecule is CCCCc1nc(CC)n(Cc2ccccc2)c(=O)c1Cc1ccc(-c2ccccc2-c2noc(=O)[nH]2)cc1.[NaH]. The van der Waals surface area contributed by atoms with Crippen molar-refractivity contribution in [3.8, 4) is 22.5 Å². The molecule has 0 saturated heterocycles. The first kappa shape index (κ1) is 29.5. The van der Waals surface area contributed by atoms with Crippen molar-refractivity contribution < 1.29 is 4.52 Å². The number of aromatic amines is 1. The molecule has 3 aromatic carbocycles. The molecule has 0 unspecified atom stereocenters. The molecule has 7 nitrogen and oxygen atoms in total. The standard InChI is InChI=1S/C32H32N4O3.Na.H/c1-3-5-15-28-27(31(37)36(29(4-2)33-28)21-23-11-7-6-8-12-23)20-22-16-18-24(19-17-22)25-13-9-10-14-26(25)30-34-32(38)39-35-30;;/h6-14,16-19H,3-5,15,20-21H2,1-2H3,(H,34,35,38);;. The topological polar surface area (TPSA) is 93.8 Å². The zero-order chi connectivity index (χ0) is 27.2. The van der Waals surface area contributed by atoms with Crippen LogP contribution in [0.5, 0.6) is 0 Å². The molecule has 2 aromatic heterocycles. The van der Waals surface area contributed by atoms with Crippen LogP contribution >= 0.6 is 0 Å². The molecule has 0 fully saturated rings. The predicted octanol–water partition coefficient (Wildman–Crippen LogP) is 5.15. The summed E-state index contributed by atoms with van der Waals surface area (Å²) in [5.74, 6) is 0.632. The summed E-state index contributed by atoms with van der Waals surface area (Å²) < 4.78 is 6.55. The summed E-state index contributed by atoms with van der Waals surface area (Å²) >= 11 is 0. The van der Waals surface area contributed by atoms with Crippen LogP contribution in [0.2, 0.25) is 0 Å². The molecule has 0 spiro atoms. The van der Waals surface area contributed by atoms with Gasteiger partial charge in [0.1, 0.15) is 5.82 Å². The number of unbranched alkanes of at least 4 members (excludes halogenated alkanes) is 1. The van der Waals surface area contributed by atoms with Gasteiger partial charge in [0, 0.05) is 24.0 Å². The molecule has 200 valence electrons. The van der Waals surface area contributed by atoms with Crippen molar-refractivity contribution in [2.24, 2.45) is 0 Å². The van der Waals surface area contributed by atoms with E-state index in [0.29, 0.717) is 25.2 Å². The molecule has 5 rings (SSSR count). The first-order valence-electron chi connectivity index (χ1n) is 13.5. The molecule has 0 radical (unpaired) electrons. The maximum atomic E-state index is 13.9. The number of nitrogens with one attached hydrogen (secondary N) is 1. The van der Waals surface area contributed by atoms with Crippen molar-refractivity contribution in [2.75, 3.05) is 0 Å². The zero-order valence-electron chi connectivity index (χ0n) is 22.3. The second-order valence-electron chi connectivity index (χ2n) is 9.65. The van der Waals surface area contributed by atoms with Crippen LogP contribution in [0.1, 0.15) is 54.9 Å². The summed E-state index contributed by atoms with van der Waals surface area (Å²) in [5.41, 5.74) is 6.53. The second-order valence-corrected chi connectivity index (χ2v) is 9.65. The summed E-state index contributed by atoms with van der Waals surface area (Å²) in [7, 11) is 0. The first-order chi connectivity index (χ1) is 19.1. The first-order valence-corrected chi connectivity index (χ1v) is 13.5. The van der Waals surface area contributed by atoms with Gasteiger partial charge < -0.3 is 0 Å². The Morgan fingerprint density at radius 3 is 2.20 bits per heavy atom. The number of hydrogen-bond donors (Lipinski definition) is 1. The Hall–Kier alpha value is -3.52. The number of aromatic nitrogens is 4. The van der Waals surface area contributed by atoms with Crippen LogP contribution in [0.3, 0.4) is 0 Å². The maximum absolute atomic E-state index is 13.9. The molecule has 8 heteroatoms. The molecule has 40 heavy (non-hydrogen) atoms. The number of aryl methyl sites for hydroxylation is 2. The Morgan fingerprint density at radius 2 is 1.55 bits per heavy atom. The minimum atomic E-state index is -0.588. The van der Waals surface area contributed by atoms with E-state index in [0.717, 1.165) is 64.2 Å². The fourth-order valence-electron chi connectivity index (χ4n) is 4.91. The third-order valence-corrected chi connectivity index (χ3v) is 6.96. The number of H-pyrrole nitrogens is 1. The molecule has 0 aliphatic carbocycles. The fraction of sp³-hybridized carbons (Fsp3) is 0.250. The summed E-state index contributed by atoms with van der Waals surface area (Å²) in [6.07, 6.45) is 4.04. The summed E-state index contributed by atoms with van der Waals surface area (Å²) in [4.78, 5) is 33.1. The Balaban J connectivity index is 0.00000370. The average molecular weight is 545 g/mol. The van der Waals surface area contributed by atoms with Crippen LogP contribution in [0, 0.1) is 0 Å². The van der Waals surface area contributed by atoms with Gasteiger partial charge >= 0.3 is 35.3 Å². The van der Waals surface area contributed by atoms with Crippen molar-refractivity contribution in [1.82, 2.24) is 19.7 Å². The van der Waals surface area contributed by atoms with Gasteiger partial charge in [-0.2, -0.15) is 0 Å². The summed E-state index contributed by atoms with van der Waals surface area (Å²) in [6, 6.07) is 26.0. The van der Waals surface area contributed by atoms with Crippen LogP contribution in [0.4, 0.5) is 0 Å². The number of hydrogen-bond acceptors (Lipinski definition) is 5. The molecule has 0 aliphatic heterocycles. The van der Waals surface area contributed by atoms with E-state index in [1.807, 2.05) is 71.3 Å². The van der Waals surface area contributed by atoms with Crippen molar-refractivity contribution in [3.05, 3.63) is 128 Å². The summed E-state index contributed by atoms with van der Waals surface area (Å²) in [6.45, 7) is 4.72. The van der Waals surface area contributed by atoms with Crippen LogP contribution in [0.15, 0.2) is 93.0 Å². The van der Waals surface area contributed by atoms with E-state index < -0.39 is 5.76 Å². The van der Waals surface area contributed by atoms with E-state index in [1.165, 1.54) is 0 Å². The van der Waals surface area contributed by atoms with Gasteiger partial charge in [0.15, 0.2) is 5.82 Å². The van der Waals surface area contributed by atoms with E-state index in [-0.39, 0.29) is 35.1 Å². The third-order valence-electron chi connectivity index (χ3n) is 6.96. The Labute approximate surface area is 255 Å². The average Bonchev–Trinajstić information content (AvgIpc) is 3.41. The zero-order valence-corrected chi connectivity index (χ0v) is 22.3. The van der Waals surface area contributed by atoms with Gasteiger partial charge in [0.25, 0.3) is 5.56 Å². The Kier molecular flexibility index (Phi) is 10.1. The molecule has 2 heterocycles. The van der Waals surface area contributed by atoms with Crippen molar-refractivity contribution >= 4 is 29.6 Å². The Bertz CT molecular complexity index is 1670. The molecule has 0 saturated carbocycles. The van der Waals surface area contributed by atoms with Crippen molar-refractivity contribution in [2.45, 2.75) is 52.5 Å². The molecular formula is C32H33N4NaO3. The van der Waals surface area contributed by atoms with E-state index in [1.54, 1.807) is 0 Å². The van der Waals surface area contributed by atoms with E-state index in [2.05, 4.69) is 36.1 Å². The Morgan fingerprint density at radius 1 is 0.850 bits per heavy atom. The number of benzene rings is 3. The van der Waals surface area contributed by atoms with Crippen LogP contribution in [0.25, 0.3) is 22.5 Å². The molecule has 0 aliphatic rings. The van der Waals surface area contributed by atoms with E-state index >= 15 is 0 Å². The molecule has 0 bridgehead atoms. The molecular weight excluding hydrogens is 511 g/mol. The quantitative estimate of drug-likeness (QED) is 0.246. The second kappa shape index (κ2) is 13.7. The van der Waals surface area contributed by atoms with Crippen LogP contribution < -0.4 is 11.3 Å². The van der Waals surface area contributed by atoms with Gasteiger partial charge in [-0.25, -0.2) is 9.78 Å². The molecule has 0 amide bonds. The van der Waals surface area contributed by atoms with Crippen molar-refractivity contribution in [1.29, 1.82) is 0 Å². The minimum absolute atomic E-state index is 0. The monoisotopic (exact) mass is 544 g/mol. The molecule has 0 atom stereocenters. The van der Waals surface area contributed by atoms with Gasteiger partial charge in [0.2, 0.25) is 0 Å². The summed E-state index contributed by atoms with van der Waals surface area (Å²) in [5, 5.41) is 3.85. The fourth-order valence-corrected chi connectivity index (χ4v) is 4.91. The number of nitrogens with zero attached hydrogens (tertiary/aromatic N) is 3. The third kappa shape index (κ3) is 6.61. The number of rotatable bonds is 10. The van der Waals surface area contributed by atoms with Crippen LogP contribution in [-0.2, 0) is 25.8 Å². The normalized spacial score (nSPS) is 10.8.